The van der Waals surface area contributed by atoms with Crippen LogP contribution in [0, 0.1) is 0 Å². The second-order valence-electron chi connectivity index (χ2n) is 6.90. The monoisotopic (exact) mass is 479 g/mol. The molecule has 10 heteroatoms. The highest BCUT2D eigenvalue weighted by molar-refractivity contribution is 8.18. The third-order valence-corrected chi connectivity index (χ3v) is 6.75. The first-order valence-corrected chi connectivity index (χ1v) is 11.9. The summed E-state index contributed by atoms with van der Waals surface area (Å²) >= 11 is 0.800. The summed E-state index contributed by atoms with van der Waals surface area (Å²) in [6.45, 7) is 0. The van der Waals surface area contributed by atoms with E-state index in [0.717, 1.165) is 11.8 Å². The first-order valence-electron chi connectivity index (χ1n) is 9.65. The van der Waals surface area contributed by atoms with Crippen molar-refractivity contribution < 1.29 is 22.8 Å². The SMILES string of the molecule is O=C1NC(=O)C(=Cc2cccc(NC(=O)c3ccccc3NS(=O)(=O)c3ccccc3)c2)S1. The van der Waals surface area contributed by atoms with E-state index in [2.05, 4.69) is 15.4 Å². The number of benzene rings is 3. The largest absolute Gasteiger partial charge is 0.322 e. The Morgan fingerprint density at radius 1 is 0.909 bits per heavy atom. The van der Waals surface area contributed by atoms with Crippen molar-refractivity contribution in [3.63, 3.8) is 0 Å². The number of imide groups is 1. The van der Waals surface area contributed by atoms with Crippen molar-refractivity contribution in [3.8, 4) is 0 Å². The average molecular weight is 480 g/mol. The molecular formula is C23H17N3O5S2. The molecule has 0 aromatic heterocycles. The zero-order valence-electron chi connectivity index (χ0n) is 16.9. The Hall–Kier alpha value is -3.89. The molecule has 0 unspecified atom stereocenters. The number of para-hydroxylation sites is 1. The molecule has 3 aromatic carbocycles. The molecule has 0 aliphatic carbocycles. The van der Waals surface area contributed by atoms with Crippen LogP contribution in [-0.2, 0) is 14.8 Å². The Balaban J connectivity index is 1.55. The van der Waals surface area contributed by atoms with Crippen LogP contribution in [0.5, 0.6) is 0 Å². The van der Waals surface area contributed by atoms with Crippen molar-refractivity contribution in [1.82, 2.24) is 5.32 Å². The van der Waals surface area contributed by atoms with Crippen LogP contribution in [0.4, 0.5) is 16.2 Å². The minimum atomic E-state index is -3.88. The fourth-order valence-electron chi connectivity index (χ4n) is 3.05. The predicted molar refractivity (Wildman–Crippen MR) is 127 cm³/mol. The Morgan fingerprint density at radius 3 is 2.36 bits per heavy atom. The molecule has 1 saturated heterocycles. The Bertz CT molecular complexity index is 1390. The Labute approximate surface area is 194 Å². The number of hydrogen-bond donors (Lipinski definition) is 3. The van der Waals surface area contributed by atoms with Gasteiger partial charge in [-0.2, -0.15) is 0 Å². The first-order chi connectivity index (χ1) is 15.8. The molecule has 1 fully saturated rings. The fourth-order valence-corrected chi connectivity index (χ4v) is 4.83. The minimum absolute atomic E-state index is 0.0771. The first kappa shape index (κ1) is 22.3. The van der Waals surface area contributed by atoms with E-state index >= 15 is 0 Å². The number of sulfonamides is 1. The van der Waals surface area contributed by atoms with Gasteiger partial charge in [-0.3, -0.25) is 24.4 Å². The normalized spacial score (nSPS) is 14.7. The smallest absolute Gasteiger partial charge is 0.290 e. The van der Waals surface area contributed by atoms with Crippen LogP contribution in [-0.4, -0.2) is 25.5 Å². The van der Waals surface area contributed by atoms with Crippen molar-refractivity contribution in [3.05, 3.63) is 94.9 Å². The lowest BCUT2D eigenvalue weighted by atomic mass is 10.1. The molecule has 1 aliphatic heterocycles. The zero-order chi connectivity index (χ0) is 23.4. The number of amides is 3. The number of carbonyl (C=O) groups is 3. The number of carbonyl (C=O) groups excluding carboxylic acids is 3. The molecule has 8 nitrogen and oxygen atoms in total. The van der Waals surface area contributed by atoms with E-state index in [-0.39, 0.29) is 21.1 Å². The molecule has 0 radical (unpaired) electrons. The van der Waals surface area contributed by atoms with Gasteiger partial charge in [0.15, 0.2) is 0 Å². The quantitative estimate of drug-likeness (QED) is 0.459. The predicted octanol–water partition coefficient (Wildman–Crippen LogP) is 4.06. The van der Waals surface area contributed by atoms with E-state index in [9.17, 15) is 22.8 Å². The van der Waals surface area contributed by atoms with Crippen LogP contribution in [0.1, 0.15) is 15.9 Å². The molecule has 4 rings (SSSR count). The molecule has 0 atom stereocenters. The van der Waals surface area contributed by atoms with E-state index in [1.165, 1.54) is 24.3 Å². The molecule has 3 amide bonds. The average Bonchev–Trinajstić information content (AvgIpc) is 3.11. The molecular weight excluding hydrogens is 462 g/mol. The number of thioether (sulfide) groups is 1. The van der Waals surface area contributed by atoms with Gasteiger partial charge < -0.3 is 5.32 Å². The summed E-state index contributed by atoms with van der Waals surface area (Å²) < 4.78 is 27.8. The van der Waals surface area contributed by atoms with Gasteiger partial charge in [-0.15, -0.1) is 0 Å². The Kier molecular flexibility index (Phi) is 6.29. The maximum absolute atomic E-state index is 12.9. The van der Waals surface area contributed by atoms with E-state index < -0.39 is 27.1 Å². The molecule has 3 aromatic rings. The molecule has 0 saturated carbocycles. The van der Waals surface area contributed by atoms with Crippen LogP contribution in [0.3, 0.4) is 0 Å². The lowest BCUT2D eigenvalue weighted by Crippen LogP contribution is -2.18. The summed E-state index contributed by atoms with van der Waals surface area (Å²) in [6.07, 6.45) is 1.54. The number of nitrogens with one attached hydrogen (secondary N) is 3. The van der Waals surface area contributed by atoms with Gasteiger partial charge in [-0.05, 0) is 59.8 Å². The van der Waals surface area contributed by atoms with Crippen molar-refractivity contribution in [2.24, 2.45) is 0 Å². The van der Waals surface area contributed by atoms with Gasteiger partial charge in [-0.1, -0.05) is 42.5 Å². The molecule has 1 heterocycles. The van der Waals surface area contributed by atoms with Crippen molar-refractivity contribution in [2.75, 3.05) is 10.0 Å². The third-order valence-electron chi connectivity index (χ3n) is 4.55. The maximum atomic E-state index is 12.9. The molecule has 0 bridgehead atoms. The molecule has 0 spiro atoms. The highest BCUT2D eigenvalue weighted by Crippen LogP contribution is 2.27. The van der Waals surface area contributed by atoms with Crippen LogP contribution in [0.25, 0.3) is 6.08 Å². The molecule has 1 aliphatic rings. The topological polar surface area (TPSA) is 121 Å². The van der Waals surface area contributed by atoms with Gasteiger partial charge in [0.1, 0.15) is 0 Å². The van der Waals surface area contributed by atoms with Crippen molar-refractivity contribution in [2.45, 2.75) is 4.90 Å². The molecule has 3 N–H and O–H groups in total. The summed E-state index contributed by atoms with van der Waals surface area (Å²) in [4.78, 5) is 36.3. The molecule has 33 heavy (non-hydrogen) atoms. The maximum Gasteiger partial charge on any atom is 0.290 e. The van der Waals surface area contributed by atoms with Gasteiger partial charge >= 0.3 is 0 Å². The van der Waals surface area contributed by atoms with Crippen LogP contribution in [0.15, 0.2) is 88.7 Å². The second kappa shape index (κ2) is 9.31. The molecule has 166 valence electrons. The highest BCUT2D eigenvalue weighted by Gasteiger charge is 2.25. The van der Waals surface area contributed by atoms with Crippen molar-refractivity contribution in [1.29, 1.82) is 0 Å². The second-order valence-corrected chi connectivity index (χ2v) is 9.59. The van der Waals surface area contributed by atoms with Crippen molar-refractivity contribution >= 4 is 56.3 Å². The van der Waals surface area contributed by atoms with E-state index in [1.807, 2.05) is 0 Å². The lowest BCUT2D eigenvalue weighted by Gasteiger charge is -2.13. The summed E-state index contributed by atoms with van der Waals surface area (Å²) in [6, 6.07) is 20.8. The summed E-state index contributed by atoms with van der Waals surface area (Å²) in [5.41, 5.74) is 1.31. The highest BCUT2D eigenvalue weighted by atomic mass is 32.2. The van der Waals surface area contributed by atoms with E-state index in [1.54, 1.807) is 60.7 Å². The summed E-state index contributed by atoms with van der Waals surface area (Å²) in [5.74, 6) is -0.992. The van der Waals surface area contributed by atoms with E-state index in [0.29, 0.717) is 11.3 Å². The number of rotatable bonds is 6. The Morgan fingerprint density at radius 2 is 1.64 bits per heavy atom. The van der Waals surface area contributed by atoms with Gasteiger partial charge in [0.05, 0.1) is 21.1 Å². The number of hydrogen-bond acceptors (Lipinski definition) is 6. The third kappa shape index (κ3) is 5.30. The summed E-state index contributed by atoms with van der Waals surface area (Å²) in [7, 11) is -3.88. The summed E-state index contributed by atoms with van der Waals surface area (Å²) in [5, 5.41) is 4.48. The van der Waals surface area contributed by atoms with Crippen LogP contribution < -0.4 is 15.4 Å². The standard InChI is InChI=1S/C23H17N3O5S2/c27-21(24-16-8-6-7-15(13-16)14-20-22(28)25-23(29)32-20)18-11-4-5-12-19(18)26-33(30,31)17-9-2-1-3-10-17/h1-14,26H,(H,24,27)(H,25,28,29). The lowest BCUT2D eigenvalue weighted by molar-refractivity contribution is -0.115. The van der Waals surface area contributed by atoms with Crippen LogP contribution in [0.2, 0.25) is 0 Å². The van der Waals surface area contributed by atoms with Crippen LogP contribution >= 0.6 is 11.8 Å². The minimum Gasteiger partial charge on any atom is -0.322 e. The van der Waals surface area contributed by atoms with Gasteiger partial charge in [-0.25, -0.2) is 8.42 Å². The van der Waals surface area contributed by atoms with Gasteiger partial charge in [0.2, 0.25) is 0 Å². The zero-order valence-corrected chi connectivity index (χ0v) is 18.6. The van der Waals surface area contributed by atoms with Gasteiger partial charge in [0.25, 0.3) is 27.1 Å². The van der Waals surface area contributed by atoms with E-state index in [4.69, 9.17) is 0 Å². The fraction of sp³-hybridized carbons (Fsp3) is 0. The van der Waals surface area contributed by atoms with Gasteiger partial charge in [0, 0.05) is 5.69 Å². The number of anilines is 2.